The Balaban J connectivity index is 1.26. The number of amides is 2. The van der Waals surface area contributed by atoms with Gasteiger partial charge in [-0.15, -0.1) is 0 Å². The first kappa shape index (κ1) is 32.2. The van der Waals surface area contributed by atoms with Crippen LogP contribution in [0.15, 0.2) is 60.9 Å². The van der Waals surface area contributed by atoms with Crippen LogP contribution in [0, 0.1) is 0 Å². The summed E-state index contributed by atoms with van der Waals surface area (Å²) in [4.78, 5) is 36.9. The number of carbonyl (C=O) groups excluding carboxylic acids is 2. The van der Waals surface area contributed by atoms with Gasteiger partial charge in [-0.1, -0.05) is 24.3 Å². The van der Waals surface area contributed by atoms with Gasteiger partial charge in [0.2, 0.25) is 0 Å². The molecule has 6 rings (SSSR count). The first-order valence-electron chi connectivity index (χ1n) is 15.3. The largest absolute Gasteiger partial charge is 0.484 e. The van der Waals surface area contributed by atoms with E-state index in [9.17, 15) is 9.59 Å². The molecule has 1 atom stereocenters. The maximum atomic E-state index is 13.0. The molecule has 0 saturated heterocycles. The molecule has 0 bridgehead atoms. The van der Waals surface area contributed by atoms with E-state index >= 15 is 0 Å². The van der Waals surface area contributed by atoms with Crippen LogP contribution in [0.5, 0.6) is 5.75 Å². The maximum absolute atomic E-state index is 13.0. The van der Waals surface area contributed by atoms with Crippen LogP contribution in [0.25, 0.3) is 22.5 Å². The van der Waals surface area contributed by atoms with E-state index < -0.39 is 5.60 Å². The number of rotatable bonds is 9. The average molecular weight is 754 g/mol. The van der Waals surface area contributed by atoms with Gasteiger partial charge in [0, 0.05) is 47.6 Å². The third-order valence-corrected chi connectivity index (χ3v) is 9.70. The molecule has 1 aliphatic heterocycles. The third kappa shape index (κ3) is 7.95. The van der Waals surface area contributed by atoms with Crippen LogP contribution in [-0.4, -0.2) is 61.2 Å². The zero-order valence-corrected chi connectivity index (χ0v) is 29.2. The lowest BCUT2D eigenvalue weighted by Crippen LogP contribution is -2.41. The molecule has 13 heteroatoms. The number of hydrogen-bond acceptors (Lipinski definition) is 8. The fourth-order valence-corrected chi connectivity index (χ4v) is 6.31. The van der Waals surface area contributed by atoms with E-state index in [1.54, 1.807) is 4.90 Å². The predicted octanol–water partition coefficient (Wildman–Crippen LogP) is 6.88. The van der Waals surface area contributed by atoms with E-state index in [1.807, 2.05) is 86.1 Å². The fourth-order valence-electron chi connectivity index (χ4n) is 5.23. The van der Waals surface area contributed by atoms with Crippen molar-refractivity contribution in [3.8, 4) is 28.3 Å². The van der Waals surface area contributed by atoms with Crippen LogP contribution >= 0.6 is 28.4 Å². The zero-order chi connectivity index (χ0) is 32.3. The Morgan fingerprint density at radius 3 is 2.57 bits per heavy atom. The van der Waals surface area contributed by atoms with E-state index in [1.165, 1.54) is 0 Å². The minimum absolute atomic E-state index is 0.0481. The molecule has 2 aliphatic rings. The van der Waals surface area contributed by atoms with E-state index in [2.05, 4.69) is 37.8 Å². The second kappa shape index (κ2) is 13.9. The highest BCUT2D eigenvalue weighted by Crippen LogP contribution is 2.32. The number of nitrogens with zero attached hydrogens (tertiary/aromatic N) is 5. The number of anilines is 2. The average Bonchev–Trinajstić information content (AvgIpc) is 3.51. The minimum Gasteiger partial charge on any atom is -0.484 e. The normalized spacial score (nSPS) is 14.9. The lowest BCUT2D eigenvalue weighted by molar-refractivity contribution is -0.124. The molecule has 1 aliphatic carbocycles. The highest BCUT2D eigenvalue weighted by atomic mass is 127. The smallest absolute Gasteiger partial charge is 0.410 e. The van der Waals surface area contributed by atoms with Crippen LogP contribution in [0.1, 0.15) is 51.3 Å². The molecule has 2 N–H and O–H groups in total. The number of ether oxygens (including phenoxy) is 2. The summed E-state index contributed by atoms with van der Waals surface area (Å²) >= 11 is 2.30. The number of aromatic nitrogens is 4. The molecule has 2 aromatic heterocycles. The molecule has 1 saturated carbocycles. The van der Waals surface area contributed by atoms with Crippen molar-refractivity contribution in [3.63, 3.8) is 0 Å². The van der Waals surface area contributed by atoms with Gasteiger partial charge in [-0.25, -0.2) is 19.2 Å². The molecule has 11 nitrogen and oxygen atoms in total. The Morgan fingerprint density at radius 2 is 1.87 bits per heavy atom. The number of halogens is 1. The standard InChI is InChI=1S/C33H37IN7O4P/c1-33(2,3)45-32(43)40-15-14-28-27(19-40)31(37-25-12-10-21(11-13-25)23-17-35-41(18-23)46-34)39-30(38-28)22-6-4-9-26(16-22)44-20-29(42)36-24-7-5-8-24/h4,6,9-13,16-18,24,46H,5,7-8,14-15,19-20H2,1-3H3,(H,36,42)(H,37,38,39). The van der Waals surface area contributed by atoms with Gasteiger partial charge < -0.3 is 25.0 Å². The Labute approximate surface area is 283 Å². The highest BCUT2D eigenvalue weighted by Gasteiger charge is 2.29. The molecule has 1 fully saturated rings. The lowest BCUT2D eigenvalue weighted by Gasteiger charge is -2.31. The Morgan fingerprint density at radius 1 is 1.07 bits per heavy atom. The molecule has 4 aromatic rings. The lowest BCUT2D eigenvalue weighted by atomic mass is 9.93. The van der Waals surface area contributed by atoms with E-state index in [0.717, 1.165) is 52.9 Å². The van der Waals surface area contributed by atoms with Gasteiger partial charge in [-0.05, 0) is 91.9 Å². The molecular weight excluding hydrogens is 716 g/mol. The summed E-state index contributed by atoms with van der Waals surface area (Å²) in [6.45, 7) is 6.34. The number of hydrogen-bond donors (Lipinski definition) is 2. The first-order chi connectivity index (χ1) is 22.1. The van der Waals surface area contributed by atoms with Crippen molar-refractivity contribution in [3.05, 3.63) is 72.2 Å². The zero-order valence-electron chi connectivity index (χ0n) is 26.0. The van der Waals surface area contributed by atoms with Crippen LogP contribution < -0.4 is 15.4 Å². The fraction of sp³-hybridized carbons (Fsp3) is 0.364. The molecular formula is C33H37IN7O4P. The molecule has 3 heterocycles. The van der Waals surface area contributed by atoms with Crippen molar-refractivity contribution in [2.45, 2.75) is 64.6 Å². The summed E-state index contributed by atoms with van der Waals surface area (Å²) in [5, 5.41) is 10.9. The van der Waals surface area contributed by atoms with Crippen molar-refractivity contribution >= 4 is 51.9 Å². The van der Waals surface area contributed by atoms with E-state index in [-0.39, 0.29) is 24.6 Å². The number of benzene rings is 2. The summed E-state index contributed by atoms with van der Waals surface area (Å²) in [6.07, 6.45) is 7.83. The van der Waals surface area contributed by atoms with Gasteiger partial charge in [0.25, 0.3) is 5.91 Å². The topological polar surface area (TPSA) is 124 Å². The van der Waals surface area contributed by atoms with Crippen LogP contribution in [-0.2, 0) is 22.5 Å². The van der Waals surface area contributed by atoms with Crippen molar-refractivity contribution in [2.24, 2.45) is 0 Å². The molecule has 46 heavy (non-hydrogen) atoms. The van der Waals surface area contributed by atoms with Crippen molar-refractivity contribution in [1.29, 1.82) is 0 Å². The monoisotopic (exact) mass is 753 g/mol. The molecule has 0 radical (unpaired) electrons. The Hall–Kier alpha value is -3.77. The molecule has 2 aromatic carbocycles. The van der Waals surface area contributed by atoms with Crippen LogP contribution in [0.3, 0.4) is 0 Å². The van der Waals surface area contributed by atoms with Gasteiger partial charge in [-0.3, -0.25) is 4.79 Å². The minimum atomic E-state index is -0.598. The molecule has 0 spiro atoms. The van der Waals surface area contributed by atoms with Crippen molar-refractivity contribution in [2.75, 3.05) is 18.5 Å². The van der Waals surface area contributed by atoms with E-state index in [0.29, 0.717) is 43.3 Å². The maximum Gasteiger partial charge on any atom is 0.410 e. The van der Waals surface area contributed by atoms with Gasteiger partial charge in [-0.2, -0.15) is 5.10 Å². The SMILES string of the molecule is CC(C)(C)OC(=O)N1CCc2nc(-c3cccc(OCC(=O)NC4CCC4)c3)nc(Nc3ccc(-c4cnn(PI)c4)cc3)c2C1. The van der Waals surface area contributed by atoms with Crippen molar-refractivity contribution in [1.82, 2.24) is 29.7 Å². The van der Waals surface area contributed by atoms with Gasteiger partial charge in [0.15, 0.2) is 12.4 Å². The van der Waals surface area contributed by atoms with Gasteiger partial charge in [0.1, 0.15) is 17.2 Å². The summed E-state index contributed by atoms with van der Waals surface area (Å²) in [5.41, 5.74) is 4.83. The summed E-state index contributed by atoms with van der Waals surface area (Å²) < 4.78 is 13.4. The highest BCUT2D eigenvalue weighted by molar-refractivity contribution is 14.2. The van der Waals surface area contributed by atoms with Crippen LogP contribution in [0.4, 0.5) is 16.3 Å². The summed E-state index contributed by atoms with van der Waals surface area (Å²) in [7, 11) is 0. The quantitative estimate of drug-likeness (QED) is 0.140. The van der Waals surface area contributed by atoms with E-state index in [4.69, 9.17) is 19.4 Å². The molecule has 2 amide bonds. The van der Waals surface area contributed by atoms with Gasteiger partial charge in [0.05, 0.1) is 24.8 Å². The number of fused-ring (bicyclic) bond motifs is 1. The van der Waals surface area contributed by atoms with Crippen LogP contribution in [0.2, 0.25) is 0 Å². The third-order valence-electron chi connectivity index (χ3n) is 7.79. The Kier molecular flexibility index (Phi) is 9.74. The first-order valence-corrected chi connectivity index (χ1v) is 19.4. The summed E-state index contributed by atoms with van der Waals surface area (Å²) in [6, 6.07) is 15.8. The number of nitrogens with one attached hydrogen (secondary N) is 2. The molecule has 240 valence electrons. The predicted molar refractivity (Wildman–Crippen MR) is 188 cm³/mol. The van der Waals surface area contributed by atoms with Crippen molar-refractivity contribution < 1.29 is 19.1 Å². The second-order valence-electron chi connectivity index (χ2n) is 12.4. The van der Waals surface area contributed by atoms with Gasteiger partial charge >= 0.3 is 6.09 Å². The Bertz CT molecular complexity index is 1720. The summed E-state index contributed by atoms with van der Waals surface area (Å²) in [5.74, 6) is 1.59. The number of carbonyl (C=O) groups is 2. The molecule has 1 unspecified atom stereocenters. The second-order valence-corrected chi connectivity index (χ2v) is 14.5.